The summed E-state index contributed by atoms with van der Waals surface area (Å²) in [4.78, 5) is 38.3. The van der Waals surface area contributed by atoms with Crippen molar-refractivity contribution in [3.05, 3.63) is 109 Å². The van der Waals surface area contributed by atoms with E-state index < -0.39 is 6.10 Å². The molecule has 0 amide bonds. The molecular formula is C70H118O6. The quantitative estimate of drug-likeness (QED) is 0.0261. The van der Waals surface area contributed by atoms with Gasteiger partial charge in [0.15, 0.2) is 6.10 Å². The van der Waals surface area contributed by atoms with Gasteiger partial charge >= 0.3 is 17.9 Å². The maximum absolute atomic E-state index is 12.9. The Bertz CT molecular complexity index is 1540. The number of carbonyl (C=O) groups excluding carboxylic acids is 3. The normalized spacial score (nSPS) is 12.8. The van der Waals surface area contributed by atoms with Crippen molar-refractivity contribution in [2.45, 2.75) is 303 Å². The van der Waals surface area contributed by atoms with Crippen LogP contribution in [0.1, 0.15) is 297 Å². The monoisotopic (exact) mass is 1050 g/mol. The molecular weight excluding hydrogens is 937 g/mol. The van der Waals surface area contributed by atoms with E-state index in [-0.39, 0.29) is 31.1 Å². The summed E-state index contributed by atoms with van der Waals surface area (Å²) in [6.45, 7) is 6.49. The highest BCUT2D eigenvalue weighted by Gasteiger charge is 2.19. The molecule has 0 bridgehead atoms. The first-order chi connectivity index (χ1) is 37.5. The SMILES string of the molecule is CC/C=C\C/C=C\C/C=C\C/C=C\C/C=C\C/C=C\C/C=C\C/C=C\CCCCC(=O)OCC(COC(=O)CCCCCCC/C=C\CCCCCC)OC(=O)CCCCCCCCCCCCCCCCCCCC. The molecule has 1 atom stereocenters. The molecule has 0 fully saturated rings. The smallest absolute Gasteiger partial charge is 0.306 e. The second-order valence-corrected chi connectivity index (χ2v) is 20.9. The Kier molecular flexibility index (Phi) is 60.3. The molecule has 434 valence electrons. The highest BCUT2D eigenvalue weighted by molar-refractivity contribution is 5.71. The first-order valence-corrected chi connectivity index (χ1v) is 31.9. The second kappa shape index (κ2) is 63.6. The van der Waals surface area contributed by atoms with Gasteiger partial charge in [-0.25, -0.2) is 0 Å². The van der Waals surface area contributed by atoms with E-state index in [4.69, 9.17) is 14.2 Å². The van der Waals surface area contributed by atoms with Crippen molar-refractivity contribution in [3.8, 4) is 0 Å². The molecule has 0 saturated heterocycles. The van der Waals surface area contributed by atoms with E-state index in [9.17, 15) is 14.4 Å². The average molecular weight is 1060 g/mol. The third-order valence-electron chi connectivity index (χ3n) is 13.5. The van der Waals surface area contributed by atoms with Gasteiger partial charge in [0.2, 0.25) is 0 Å². The van der Waals surface area contributed by atoms with Crippen molar-refractivity contribution in [2.75, 3.05) is 13.2 Å². The van der Waals surface area contributed by atoms with Crippen molar-refractivity contribution in [1.82, 2.24) is 0 Å². The van der Waals surface area contributed by atoms with E-state index in [0.717, 1.165) is 116 Å². The molecule has 0 aromatic heterocycles. The lowest BCUT2D eigenvalue weighted by Crippen LogP contribution is -2.30. The second-order valence-electron chi connectivity index (χ2n) is 20.9. The molecule has 0 N–H and O–H groups in total. The lowest BCUT2D eigenvalue weighted by atomic mass is 10.0. The highest BCUT2D eigenvalue weighted by Crippen LogP contribution is 2.16. The van der Waals surface area contributed by atoms with Crippen molar-refractivity contribution in [2.24, 2.45) is 0 Å². The lowest BCUT2D eigenvalue weighted by Gasteiger charge is -2.18. The largest absolute Gasteiger partial charge is 0.462 e. The van der Waals surface area contributed by atoms with Gasteiger partial charge in [0.25, 0.3) is 0 Å². The zero-order chi connectivity index (χ0) is 55.0. The Hall–Kier alpha value is -3.93. The van der Waals surface area contributed by atoms with Crippen LogP contribution in [0.5, 0.6) is 0 Å². The number of unbranched alkanes of at least 4 members (excludes halogenated alkanes) is 28. The minimum absolute atomic E-state index is 0.0949. The van der Waals surface area contributed by atoms with Crippen LogP contribution in [-0.4, -0.2) is 37.2 Å². The van der Waals surface area contributed by atoms with Crippen LogP contribution in [0.4, 0.5) is 0 Å². The van der Waals surface area contributed by atoms with Crippen LogP contribution in [0, 0.1) is 0 Å². The Morgan fingerprint density at radius 2 is 0.513 bits per heavy atom. The molecule has 0 rings (SSSR count). The van der Waals surface area contributed by atoms with Gasteiger partial charge in [0.1, 0.15) is 13.2 Å². The van der Waals surface area contributed by atoms with Crippen LogP contribution in [0.25, 0.3) is 0 Å². The number of hydrogen-bond donors (Lipinski definition) is 0. The molecule has 0 spiro atoms. The summed E-state index contributed by atoms with van der Waals surface area (Å²) in [5.41, 5.74) is 0. The summed E-state index contributed by atoms with van der Waals surface area (Å²) in [6, 6.07) is 0. The van der Waals surface area contributed by atoms with Crippen LogP contribution in [0.2, 0.25) is 0 Å². The Morgan fingerprint density at radius 1 is 0.276 bits per heavy atom. The van der Waals surface area contributed by atoms with E-state index in [2.05, 4.69) is 130 Å². The van der Waals surface area contributed by atoms with Gasteiger partial charge in [-0.3, -0.25) is 14.4 Å². The molecule has 0 radical (unpaired) electrons. The van der Waals surface area contributed by atoms with E-state index in [1.54, 1.807) is 0 Å². The Morgan fingerprint density at radius 3 is 0.855 bits per heavy atom. The first kappa shape index (κ1) is 72.1. The summed E-state index contributed by atoms with van der Waals surface area (Å²) in [6.07, 6.45) is 86.6. The van der Waals surface area contributed by atoms with E-state index in [0.29, 0.717) is 19.3 Å². The fraction of sp³-hybridized carbons (Fsp3) is 0.700. The van der Waals surface area contributed by atoms with Gasteiger partial charge in [-0.05, 0) is 109 Å². The minimum atomic E-state index is -0.800. The van der Waals surface area contributed by atoms with Crippen molar-refractivity contribution >= 4 is 17.9 Å². The molecule has 0 aromatic rings. The fourth-order valence-electron chi connectivity index (χ4n) is 8.75. The summed E-state index contributed by atoms with van der Waals surface area (Å²) in [5, 5.41) is 0. The van der Waals surface area contributed by atoms with Crippen molar-refractivity contribution in [1.29, 1.82) is 0 Å². The van der Waals surface area contributed by atoms with Crippen LogP contribution in [0.15, 0.2) is 109 Å². The highest BCUT2D eigenvalue weighted by atomic mass is 16.6. The molecule has 1 unspecified atom stereocenters. The number of rotatable bonds is 57. The maximum atomic E-state index is 12.9. The standard InChI is InChI=1S/C70H118O6/c1-4-7-10-13-16-19-22-25-27-29-31-32-33-34-35-36-37-38-39-41-42-45-48-51-54-57-60-63-69(72)75-66-67(65-74-68(71)62-59-56-53-50-47-44-24-21-18-15-12-9-6-3)76-70(73)64-61-58-55-52-49-46-43-40-30-28-26-23-20-17-14-11-8-5-2/h7,10,16,19,21,24-25,27,31-32,34-35,37-38,41-42,48,51,67H,4-6,8-9,11-15,17-18,20,22-23,26,28-30,33,36,39-40,43-47,49-50,52-66H2,1-3H3/b10-7-,19-16-,24-21-,27-25-,32-31-,35-34-,38-37-,42-41-,51-48-. The Labute approximate surface area is 470 Å². The van der Waals surface area contributed by atoms with Gasteiger partial charge in [0.05, 0.1) is 0 Å². The molecule has 0 aliphatic heterocycles. The third-order valence-corrected chi connectivity index (χ3v) is 13.5. The molecule has 0 aliphatic rings. The van der Waals surface area contributed by atoms with Gasteiger partial charge in [0, 0.05) is 19.3 Å². The molecule has 0 heterocycles. The van der Waals surface area contributed by atoms with E-state index in [1.165, 1.54) is 141 Å². The summed E-state index contributed by atoms with van der Waals surface area (Å²) in [5.74, 6) is -0.940. The number of ether oxygens (including phenoxy) is 3. The number of carbonyl (C=O) groups is 3. The van der Waals surface area contributed by atoms with Gasteiger partial charge in [-0.1, -0.05) is 278 Å². The molecule has 0 aliphatic carbocycles. The predicted molar refractivity (Wildman–Crippen MR) is 330 cm³/mol. The van der Waals surface area contributed by atoms with Crippen LogP contribution < -0.4 is 0 Å². The van der Waals surface area contributed by atoms with Crippen LogP contribution >= 0.6 is 0 Å². The minimum Gasteiger partial charge on any atom is -0.462 e. The Balaban J connectivity index is 4.42. The molecule has 0 saturated carbocycles. The number of esters is 3. The number of allylic oxidation sites excluding steroid dienone is 18. The number of hydrogen-bond acceptors (Lipinski definition) is 6. The van der Waals surface area contributed by atoms with E-state index >= 15 is 0 Å². The third kappa shape index (κ3) is 60.9. The lowest BCUT2D eigenvalue weighted by molar-refractivity contribution is -0.167. The summed E-state index contributed by atoms with van der Waals surface area (Å²) < 4.78 is 16.9. The zero-order valence-corrected chi connectivity index (χ0v) is 49.7. The van der Waals surface area contributed by atoms with Gasteiger partial charge in [-0.15, -0.1) is 0 Å². The molecule has 0 aromatic carbocycles. The fourth-order valence-corrected chi connectivity index (χ4v) is 8.75. The first-order valence-electron chi connectivity index (χ1n) is 31.9. The average Bonchev–Trinajstić information content (AvgIpc) is 3.42. The van der Waals surface area contributed by atoms with Crippen molar-refractivity contribution < 1.29 is 28.6 Å². The topological polar surface area (TPSA) is 78.9 Å². The summed E-state index contributed by atoms with van der Waals surface area (Å²) >= 11 is 0. The predicted octanol–water partition coefficient (Wildman–Crippen LogP) is 21.8. The molecule has 6 nitrogen and oxygen atoms in total. The maximum Gasteiger partial charge on any atom is 0.306 e. The zero-order valence-electron chi connectivity index (χ0n) is 49.7. The van der Waals surface area contributed by atoms with Gasteiger partial charge < -0.3 is 14.2 Å². The molecule has 6 heteroatoms. The van der Waals surface area contributed by atoms with Crippen LogP contribution in [-0.2, 0) is 28.6 Å². The van der Waals surface area contributed by atoms with Crippen molar-refractivity contribution in [3.63, 3.8) is 0 Å². The molecule has 76 heavy (non-hydrogen) atoms. The van der Waals surface area contributed by atoms with Gasteiger partial charge in [-0.2, -0.15) is 0 Å². The van der Waals surface area contributed by atoms with Crippen LogP contribution in [0.3, 0.4) is 0 Å². The van der Waals surface area contributed by atoms with E-state index in [1.807, 2.05) is 0 Å². The summed E-state index contributed by atoms with van der Waals surface area (Å²) in [7, 11) is 0.